The van der Waals surface area contributed by atoms with Crippen molar-refractivity contribution in [2.75, 3.05) is 0 Å². The highest BCUT2D eigenvalue weighted by atomic mass is 19.1. The van der Waals surface area contributed by atoms with Gasteiger partial charge in [-0.15, -0.1) is 0 Å². The van der Waals surface area contributed by atoms with Crippen LogP contribution < -0.4 is 11.1 Å². The molecule has 5 aromatic rings. The van der Waals surface area contributed by atoms with Gasteiger partial charge in [-0.05, 0) is 82.6 Å². The van der Waals surface area contributed by atoms with Crippen LogP contribution in [0.1, 0.15) is 54.1 Å². The molecule has 3 N–H and O–H groups in total. The van der Waals surface area contributed by atoms with Crippen LogP contribution in [0, 0.1) is 11.6 Å². The number of halogens is 2. The summed E-state index contributed by atoms with van der Waals surface area (Å²) in [6.45, 7) is 0.311. The van der Waals surface area contributed by atoms with Gasteiger partial charge in [-0.25, -0.2) is 8.78 Å². The molecule has 0 heterocycles. The Morgan fingerprint density at radius 2 is 1.37 bits per heavy atom. The SMILES string of the molecule is NC(=NC(=O)c1ccccc1)c1ccc(CNC(=O)c2ccc3c(c2)Cc2cc(-c4ccc(F)cc4F)ccc2C3)cc1. The van der Waals surface area contributed by atoms with Crippen LogP contribution in [0.5, 0.6) is 0 Å². The van der Waals surface area contributed by atoms with Crippen LogP contribution in [0.3, 0.4) is 0 Å². The Morgan fingerprint density at radius 1 is 0.698 bits per heavy atom. The Hall–Kier alpha value is -5.43. The first kappa shape index (κ1) is 27.7. The number of rotatable bonds is 6. The van der Waals surface area contributed by atoms with E-state index in [9.17, 15) is 18.4 Å². The first-order valence-corrected chi connectivity index (χ1v) is 13.8. The van der Waals surface area contributed by atoms with Crippen molar-refractivity contribution in [1.29, 1.82) is 0 Å². The van der Waals surface area contributed by atoms with Gasteiger partial charge in [-0.1, -0.05) is 66.7 Å². The van der Waals surface area contributed by atoms with E-state index in [-0.39, 0.29) is 11.7 Å². The lowest BCUT2D eigenvalue weighted by Crippen LogP contribution is -2.23. The molecule has 1 aliphatic rings. The number of aliphatic imine (C=N–C) groups is 1. The van der Waals surface area contributed by atoms with Crippen LogP contribution in [0.4, 0.5) is 8.78 Å². The van der Waals surface area contributed by atoms with Crippen LogP contribution in [0.25, 0.3) is 11.1 Å². The summed E-state index contributed by atoms with van der Waals surface area (Å²) >= 11 is 0. The Balaban J connectivity index is 1.11. The van der Waals surface area contributed by atoms with Crippen molar-refractivity contribution >= 4 is 17.6 Å². The predicted molar refractivity (Wildman–Crippen MR) is 163 cm³/mol. The molecule has 0 saturated heterocycles. The van der Waals surface area contributed by atoms with E-state index in [0.717, 1.165) is 33.9 Å². The molecule has 0 aromatic heterocycles. The van der Waals surface area contributed by atoms with Crippen LogP contribution in [0.2, 0.25) is 0 Å². The second kappa shape index (κ2) is 11.8. The molecule has 2 amide bonds. The summed E-state index contributed by atoms with van der Waals surface area (Å²) in [5.74, 6) is -1.70. The zero-order valence-corrected chi connectivity index (χ0v) is 23.1. The maximum absolute atomic E-state index is 14.4. The van der Waals surface area contributed by atoms with E-state index < -0.39 is 17.5 Å². The minimum atomic E-state index is -0.609. The molecule has 43 heavy (non-hydrogen) atoms. The zero-order chi connectivity index (χ0) is 29.9. The smallest absolute Gasteiger partial charge is 0.278 e. The third kappa shape index (κ3) is 6.11. The number of amidine groups is 1. The number of benzene rings is 5. The minimum absolute atomic E-state index is 0.120. The molecule has 5 nitrogen and oxygen atoms in total. The van der Waals surface area contributed by atoms with Gasteiger partial charge in [0.2, 0.25) is 0 Å². The van der Waals surface area contributed by atoms with Crippen molar-refractivity contribution in [1.82, 2.24) is 5.32 Å². The lowest BCUT2D eigenvalue weighted by Gasteiger charge is -2.21. The maximum Gasteiger partial charge on any atom is 0.278 e. The van der Waals surface area contributed by atoms with Gasteiger partial charge in [0.15, 0.2) is 0 Å². The van der Waals surface area contributed by atoms with E-state index in [0.29, 0.717) is 47.2 Å². The van der Waals surface area contributed by atoms with E-state index in [1.165, 1.54) is 12.1 Å². The van der Waals surface area contributed by atoms with Crippen molar-refractivity contribution in [3.63, 3.8) is 0 Å². The van der Waals surface area contributed by atoms with E-state index >= 15 is 0 Å². The topological polar surface area (TPSA) is 84.5 Å². The fraction of sp³-hybridized carbons (Fsp3) is 0.0833. The summed E-state index contributed by atoms with van der Waals surface area (Å²) in [5.41, 5.74) is 14.0. The van der Waals surface area contributed by atoms with E-state index in [2.05, 4.69) is 10.3 Å². The first-order valence-electron chi connectivity index (χ1n) is 13.8. The first-order chi connectivity index (χ1) is 20.8. The highest BCUT2D eigenvalue weighted by molar-refractivity contribution is 6.08. The van der Waals surface area contributed by atoms with Gasteiger partial charge >= 0.3 is 0 Å². The Labute approximate surface area is 247 Å². The van der Waals surface area contributed by atoms with Crippen molar-refractivity contribution < 1.29 is 18.4 Å². The van der Waals surface area contributed by atoms with Crippen molar-refractivity contribution in [3.8, 4) is 11.1 Å². The summed E-state index contributed by atoms with van der Waals surface area (Å²) in [6, 6.07) is 31.0. The number of nitrogens with two attached hydrogens (primary N) is 1. The number of carbonyl (C=O) groups is 2. The predicted octanol–water partition coefficient (Wildman–Crippen LogP) is 6.60. The van der Waals surface area contributed by atoms with Crippen LogP contribution in [0.15, 0.2) is 114 Å². The van der Waals surface area contributed by atoms with E-state index in [1.54, 1.807) is 36.4 Å². The van der Waals surface area contributed by atoms with Crippen LogP contribution in [-0.2, 0) is 19.4 Å². The minimum Gasteiger partial charge on any atom is -0.383 e. The lowest BCUT2D eigenvalue weighted by atomic mass is 9.83. The Bertz CT molecular complexity index is 1880. The van der Waals surface area contributed by atoms with Gasteiger partial charge < -0.3 is 11.1 Å². The molecular weight excluding hydrogens is 544 g/mol. The fourth-order valence-electron chi connectivity index (χ4n) is 5.27. The number of hydrogen-bond donors (Lipinski definition) is 2. The van der Waals surface area contributed by atoms with Crippen molar-refractivity contribution in [3.05, 3.63) is 165 Å². The monoisotopic (exact) mass is 571 g/mol. The van der Waals surface area contributed by atoms with Gasteiger partial charge in [-0.3, -0.25) is 9.59 Å². The van der Waals surface area contributed by atoms with Gasteiger partial charge in [0.05, 0.1) is 0 Å². The molecule has 0 unspecified atom stereocenters. The number of carbonyl (C=O) groups excluding carboxylic acids is 2. The normalized spacial score (nSPS) is 12.3. The Kier molecular flexibility index (Phi) is 7.62. The molecule has 0 spiro atoms. The second-order valence-corrected chi connectivity index (χ2v) is 10.5. The molecule has 0 bridgehead atoms. The number of fused-ring (bicyclic) bond motifs is 2. The molecule has 7 heteroatoms. The summed E-state index contributed by atoms with van der Waals surface area (Å²) in [5, 5.41) is 2.96. The largest absolute Gasteiger partial charge is 0.383 e. The van der Waals surface area contributed by atoms with Gasteiger partial charge in [0, 0.05) is 34.9 Å². The van der Waals surface area contributed by atoms with Gasteiger partial charge in [0.1, 0.15) is 17.5 Å². The number of hydrogen-bond acceptors (Lipinski definition) is 2. The lowest BCUT2D eigenvalue weighted by molar-refractivity contribution is 0.0949. The molecule has 5 aromatic carbocycles. The average molecular weight is 572 g/mol. The summed E-state index contributed by atoms with van der Waals surface area (Å²) in [7, 11) is 0. The van der Waals surface area contributed by atoms with E-state index in [1.807, 2.05) is 54.6 Å². The van der Waals surface area contributed by atoms with Crippen LogP contribution >= 0.6 is 0 Å². The third-order valence-electron chi connectivity index (χ3n) is 7.62. The van der Waals surface area contributed by atoms with Crippen LogP contribution in [-0.4, -0.2) is 17.6 Å². The van der Waals surface area contributed by atoms with E-state index in [4.69, 9.17) is 5.73 Å². The Morgan fingerprint density at radius 3 is 2.12 bits per heavy atom. The third-order valence-corrected chi connectivity index (χ3v) is 7.62. The molecular formula is C36H27F2N3O2. The van der Waals surface area contributed by atoms with Crippen molar-refractivity contribution in [2.45, 2.75) is 19.4 Å². The highest BCUT2D eigenvalue weighted by Crippen LogP contribution is 2.32. The summed E-state index contributed by atoms with van der Waals surface area (Å²) in [6.07, 6.45) is 1.33. The van der Waals surface area contributed by atoms with Crippen molar-refractivity contribution in [2.24, 2.45) is 10.7 Å². The van der Waals surface area contributed by atoms with Gasteiger partial charge in [-0.2, -0.15) is 4.99 Å². The molecule has 0 fully saturated rings. The number of amides is 2. The number of nitrogens with zero attached hydrogens (tertiary/aromatic N) is 1. The molecule has 212 valence electrons. The molecule has 6 rings (SSSR count). The quantitative estimate of drug-likeness (QED) is 0.174. The standard InChI is InChI=1S/C36H27F2N3O2/c37-31-14-15-32(33(38)20-31)27-12-10-25-16-26-11-13-28(18-30(26)19-29(25)17-27)35(42)40-21-22-6-8-23(9-7-22)34(39)41-36(43)24-4-2-1-3-5-24/h1-15,17-18,20H,16,19,21H2,(H,40,42)(H2,39,41,43). The summed E-state index contributed by atoms with van der Waals surface area (Å²) < 4.78 is 27.8. The second-order valence-electron chi connectivity index (χ2n) is 10.5. The number of nitrogens with one attached hydrogen (secondary N) is 1. The zero-order valence-electron chi connectivity index (χ0n) is 23.1. The molecule has 0 atom stereocenters. The van der Waals surface area contributed by atoms with Gasteiger partial charge in [0.25, 0.3) is 11.8 Å². The summed E-state index contributed by atoms with van der Waals surface area (Å²) in [4.78, 5) is 29.3. The maximum atomic E-state index is 14.4. The molecule has 1 aliphatic carbocycles. The average Bonchev–Trinajstić information content (AvgIpc) is 3.02. The fourth-order valence-corrected chi connectivity index (χ4v) is 5.27. The molecule has 0 radical (unpaired) electrons. The molecule has 0 saturated carbocycles. The highest BCUT2D eigenvalue weighted by Gasteiger charge is 2.19. The molecule has 0 aliphatic heterocycles.